The van der Waals surface area contributed by atoms with Crippen LogP contribution in [0.1, 0.15) is 16.1 Å². The molecule has 7 heteroatoms. The van der Waals surface area contributed by atoms with Crippen LogP contribution in [0.15, 0.2) is 42.6 Å². The van der Waals surface area contributed by atoms with E-state index in [1.54, 1.807) is 24.3 Å². The Hall–Kier alpha value is -2.96. The Morgan fingerprint density at radius 2 is 2.19 bits per heavy atom. The van der Waals surface area contributed by atoms with Crippen molar-refractivity contribution in [2.24, 2.45) is 0 Å². The molecule has 1 aromatic carbocycles. The number of rotatable bonds is 5. The highest BCUT2D eigenvalue weighted by molar-refractivity contribution is 5.88. The van der Waals surface area contributed by atoms with Gasteiger partial charge in [-0.05, 0) is 17.7 Å². The third kappa shape index (κ3) is 3.75. The van der Waals surface area contributed by atoms with Gasteiger partial charge in [-0.2, -0.15) is 0 Å². The number of ether oxygens (including phenoxy) is 1. The molecule has 0 aliphatic carbocycles. The molecule has 0 saturated carbocycles. The molecule has 1 N–H and O–H groups in total. The first kappa shape index (κ1) is 14.4. The van der Waals surface area contributed by atoms with Crippen LogP contribution in [0.25, 0.3) is 0 Å². The zero-order chi connectivity index (χ0) is 15.2. The summed E-state index contributed by atoms with van der Waals surface area (Å²) in [6, 6.07) is 9.59. The number of nitro groups is 1. The van der Waals surface area contributed by atoms with Gasteiger partial charge in [0.2, 0.25) is 0 Å². The summed E-state index contributed by atoms with van der Waals surface area (Å²) in [5, 5.41) is 13.8. The van der Waals surface area contributed by atoms with Gasteiger partial charge in [0.25, 0.3) is 5.69 Å². The first-order valence-corrected chi connectivity index (χ1v) is 6.11. The lowest BCUT2D eigenvalue weighted by molar-refractivity contribution is -0.384. The molecule has 108 valence electrons. The van der Waals surface area contributed by atoms with Gasteiger partial charge >= 0.3 is 5.97 Å². The number of nitrogens with zero attached hydrogens (tertiary/aromatic N) is 2. The topological polar surface area (TPSA) is 94.4 Å². The maximum Gasteiger partial charge on any atom is 0.356 e. The number of hydrogen-bond donors (Lipinski definition) is 1. The molecular formula is C14H13N3O4. The number of methoxy groups -OCH3 is 1. The zero-order valence-electron chi connectivity index (χ0n) is 11.3. The third-order valence-electron chi connectivity index (χ3n) is 2.77. The van der Waals surface area contributed by atoms with Gasteiger partial charge in [0, 0.05) is 30.6 Å². The van der Waals surface area contributed by atoms with E-state index in [2.05, 4.69) is 15.0 Å². The number of benzene rings is 1. The van der Waals surface area contributed by atoms with E-state index in [0.717, 1.165) is 5.56 Å². The standard InChI is InChI=1S/C14H13N3O4/c1-21-14(18)13-8-11(5-6-15-13)16-9-10-3-2-4-12(7-10)17(19)20/h2-8H,9H2,1H3,(H,15,16). The second kappa shape index (κ2) is 6.47. The van der Waals surface area contributed by atoms with E-state index < -0.39 is 10.9 Å². The molecule has 0 fully saturated rings. The lowest BCUT2D eigenvalue weighted by Gasteiger charge is -2.07. The van der Waals surface area contributed by atoms with Gasteiger partial charge in [-0.25, -0.2) is 9.78 Å². The maximum absolute atomic E-state index is 11.4. The lowest BCUT2D eigenvalue weighted by Crippen LogP contribution is -2.06. The summed E-state index contributed by atoms with van der Waals surface area (Å²) in [4.78, 5) is 25.5. The largest absolute Gasteiger partial charge is 0.464 e. The first-order chi connectivity index (χ1) is 10.1. The van der Waals surface area contributed by atoms with Gasteiger partial charge in [-0.1, -0.05) is 12.1 Å². The van der Waals surface area contributed by atoms with Crippen molar-refractivity contribution in [1.29, 1.82) is 0 Å². The van der Waals surface area contributed by atoms with E-state index in [0.29, 0.717) is 12.2 Å². The Labute approximate surface area is 120 Å². The summed E-state index contributed by atoms with van der Waals surface area (Å²) in [5.74, 6) is -0.519. The van der Waals surface area contributed by atoms with Crippen LogP contribution < -0.4 is 5.32 Å². The molecule has 0 spiro atoms. The van der Waals surface area contributed by atoms with Crippen molar-refractivity contribution in [3.05, 3.63) is 64.0 Å². The van der Waals surface area contributed by atoms with E-state index >= 15 is 0 Å². The summed E-state index contributed by atoms with van der Waals surface area (Å²) in [5.41, 5.74) is 1.68. The average Bonchev–Trinajstić information content (AvgIpc) is 2.52. The predicted octanol–water partition coefficient (Wildman–Crippen LogP) is 2.39. The predicted molar refractivity (Wildman–Crippen MR) is 76.0 cm³/mol. The summed E-state index contributed by atoms with van der Waals surface area (Å²) in [6.07, 6.45) is 1.49. The van der Waals surface area contributed by atoms with Crippen molar-refractivity contribution in [3.63, 3.8) is 0 Å². The fourth-order valence-corrected chi connectivity index (χ4v) is 1.74. The van der Waals surface area contributed by atoms with Crippen LogP contribution in [0.3, 0.4) is 0 Å². The smallest absolute Gasteiger partial charge is 0.356 e. The molecule has 21 heavy (non-hydrogen) atoms. The molecule has 0 amide bonds. The molecule has 1 aromatic heterocycles. The van der Waals surface area contributed by atoms with Crippen LogP contribution in [0.4, 0.5) is 11.4 Å². The minimum absolute atomic E-state index is 0.0410. The van der Waals surface area contributed by atoms with Crippen LogP contribution in [0.5, 0.6) is 0 Å². The first-order valence-electron chi connectivity index (χ1n) is 6.11. The van der Waals surface area contributed by atoms with Gasteiger partial charge in [0.05, 0.1) is 12.0 Å². The van der Waals surface area contributed by atoms with Crippen molar-refractivity contribution in [3.8, 4) is 0 Å². The monoisotopic (exact) mass is 287 g/mol. The minimum atomic E-state index is -0.519. The van der Waals surface area contributed by atoms with Gasteiger partial charge in [-0.3, -0.25) is 10.1 Å². The second-order valence-corrected chi connectivity index (χ2v) is 4.20. The molecule has 0 saturated heterocycles. The summed E-state index contributed by atoms with van der Waals surface area (Å²) >= 11 is 0. The molecule has 1 heterocycles. The van der Waals surface area contributed by atoms with Gasteiger partial charge in [0.15, 0.2) is 0 Å². The van der Waals surface area contributed by atoms with Crippen LogP contribution in [0, 0.1) is 10.1 Å². The molecule has 2 rings (SSSR count). The molecule has 2 aromatic rings. The van der Waals surface area contributed by atoms with E-state index in [4.69, 9.17) is 0 Å². The highest BCUT2D eigenvalue weighted by Gasteiger charge is 2.08. The van der Waals surface area contributed by atoms with Gasteiger partial charge < -0.3 is 10.1 Å². The van der Waals surface area contributed by atoms with Crippen LogP contribution in [0.2, 0.25) is 0 Å². The Kier molecular flexibility index (Phi) is 4.45. The molecule has 7 nitrogen and oxygen atoms in total. The highest BCUT2D eigenvalue weighted by Crippen LogP contribution is 2.15. The fraction of sp³-hybridized carbons (Fsp3) is 0.143. The molecule has 0 aliphatic heterocycles. The number of esters is 1. The molecule has 0 radical (unpaired) electrons. The van der Waals surface area contributed by atoms with Crippen LogP contribution in [-0.2, 0) is 11.3 Å². The van der Waals surface area contributed by atoms with E-state index in [1.807, 2.05) is 0 Å². The lowest BCUT2D eigenvalue weighted by atomic mass is 10.2. The Morgan fingerprint density at radius 3 is 2.90 bits per heavy atom. The normalized spacial score (nSPS) is 9.95. The maximum atomic E-state index is 11.4. The van der Waals surface area contributed by atoms with Gasteiger partial charge in [0.1, 0.15) is 5.69 Å². The Balaban J connectivity index is 2.08. The van der Waals surface area contributed by atoms with E-state index in [1.165, 1.54) is 25.4 Å². The van der Waals surface area contributed by atoms with Crippen molar-refractivity contribution in [2.75, 3.05) is 12.4 Å². The fourth-order valence-electron chi connectivity index (χ4n) is 1.74. The summed E-state index contributed by atoms with van der Waals surface area (Å²) in [7, 11) is 1.28. The van der Waals surface area contributed by atoms with Crippen molar-refractivity contribution < 1.29 is 14.5 Å². The van der Waals surface area contributed by atoms with Crippen LogP contribution in [-0.4, -0.2) is 23.0 Å². The molecule has 0 aliphatic rings. The SMILES string of the molecule is COC(=O)c1cc(NCc2cccc([N+](=O)[O-])c2)ccn1. The summed E-state index contributed by atoms with van der Waals surface area (Å²) < 4.78 is 4.59. The number of aromatic nitrogens is 1. The average molecular weight is 287 g/mol. The van der Waals surface area contributed by atoms with E-state index in [-0.39, 0.29) is 11.4 Å². The van der Waals surface area contributed by atoms with Gasteiger partial charge in [-0.15, -0.1) is 0 Å². The number of hydrogen-bond acceptors (Lipinski definition) is 6. The highest BCUT2D eigenvalue weighted by atomic mass is 16.6. The molecular weight excluding hydrogens is 274 g/mol. The quantitative estimate of drug-likeness (QED) is 0.515. The number of non-ortho nitro benzene ring substituents is 1. The number of carbonyl (C=O) groups excluding carboxylic acids is 1. The Bertz CT molecular complexity index is 673. The number of nitro benzene ring substituents is 1. The van der Waals surface area contributed by atoms with Crippen molar-refractivity contribution >= 4 is 17.3 Å². The molecule has 0 atom stereocenters. The summed E-state index contributed by atoms with van der Waals surface area (Å²) in [6.45, 7) is 0.395. The second-order valence-electron chi connectivity index (χ2n) is 4.20. The number of anilines is 1. The number of pyridine rings is 1. The van der Waals surface area contributed by atoms with Crippen molar-refractivity contribution in [2.45, 2.75) is 6.54 Å². The minimum Gasteiger partial charge on any atom is -0.464 e. The zero-order valence-corrected chi connectivity index (χ0v) is 11.3. The number of nitrogens with one attached hydrogen (secondary N) is 1. The number of carbonyl (C=O) groups is 1. The Morgan fingerprint density at radius 1 is 1.38 bits per heavy atom. The third-order valence-corrected chi connectivity index (χ3v) is 2.77. The molecule has 0 bridgehead atoms. The molecule has 0 unspecified atom stereocenters. The van der Waals surface area contributed by atoms with Crippen molar-refractivity contribution in [1.82, 2.24) is 4.98 Å². The van der Waals surface area contributed by atoms with E-state index in [9.17, 15) is 14.9 Å². The van der Waals surface area contributed by atoms with Crippen LogP contribution >= 0.6 is 0 Å².